The van der Waals surface area contributed by atoms with E-state index in [1.807, 2.05) is 11.8 Å². The summed E-state index contributed by atoms with van der Waals surface area (Å²) in [7, 11) is 0. The van der Waals surface area contributed by atoms with Gasteiger partial charge in [-0.25, -0.2) is 4.98 Å². The second-order valence-corrected chi connectivity index (χ2v) is 7.66. The quantitative estimate of drug-likeness (QED) is 0.835. The molecule has 1 aromatic rings. The van der Waals surface area contributed by atoms with Gasteiger partial charge in [0.1, 0.15) is 5.82 Å². The first kappa shape index (κ1) is 15.6. The van der Waals surface area contributed by atoms with Gasteiger partial charge in [-0.15, -0.1) is 0 Å². The van der Waals surface area contributed by atoms with Crippen LogP contribution in [-0.4, -0.2) is 57.5 Å². The smallest absolute Gasteiger partial charge is 0.226 e. The van der Waals surface area contributed by atoms with Crippen molar-refractivity contribution >= 4 is 23.5 Å². The number of piperidine rings is 1. The van der Waals surface area contributed by atoms with E-state index in [0.717, 1.165) is 44.0 Å². The molecule has 0 unspecified atom stereocenters. The molecule has 3 heterocycles. The topological polar surface area (TPSA) is 49.3 Å². The van der Waals surface area contributed by atoms with Gasteiger partial charge >= 0.3 is 0 Å². The molecule has 0 aliphatic carbocycles. The summed E-state index contributed by atoms with van der Waals surface area (Å²) in [6.07, 6.45) is 7.05. The van der Waals surface area contributed by atoms with Gasteiger partial charge < -0.3 is 9.80 Å². The van der Waals surface area contributed by atoms with Gasteiger partial charge in [-0.05, 0) is 19.8 Å². The number of carbonyl (C=O) groups excluding carboxylic acids is 1. The Morgan fingerprint density at radius 3 is 2.68 bits per heavy atom. The largest absolute Gasteiger partial charge is 0.355 e. The molecule has 0 bridgehead atoms. The van der Waals surface area contributed by atoms with Crippen molar-refractivity contribution in [2.75, 3.05) is 30.3 Å². The Bertz CT molecular complexity index is 504. The first-order chi connectivity index (χ1) is 10.7. The zero-order chi connectivity index (χ0) is 15.5. The molecule has 0 N–H and O–H groups in total. The number of hydrogen-bond acceptors (Lipinski definition) is 5. The molecule has 22 heavy (non-hydrogen) atoms. The van der Waals surface area contributed by atoms with Crippen LogP contribution in [0.4, 0.5) is 5.82 Å². The Morgan fingerprint density at radius 2 is 2.00 bits per heavy atom. The van der Waals surface area contributed by atoms with Crippen LogP contribution in [0.5, 0.6) is 0 Å². The molecule has 0 saturated carbocycles. The van der Waals surface area contributed by atoms with Crippen LogP contribution in [0.2, 0.25) is 0 Å². The van der Waals surface area contributed by atoms with Crippen LogP contribution in [0.3, 0.4) is 0 Å². The predicted molar refractivity (Wildman–Crippen MR) is 90.1 cm³/mol. The minimum absolute atomic E-state index is 0.172. The number of anilines is 1. The maximum absolute atomic E-state index is 12.8. The van der Waals surface area contributed by atoms with Crippen molar-refractivity contribution in [3.05, 3.63) is 18.6 Å². The molecule has 2 aliphatic heterocycles. The molecule has 1 aromatic heterocycles. The highest BCUT2D eigenvalue weighted by atomic mass is 32.2. The molecule has 2 saturated heterocycles. The van der Waals surface area contributed by atoms with Crippen LogP contribution in [0.15, 0.2) is 18.6 Å². The molecule has 3 rings (SSSR count). The highest BCUT2D eigenvalue weighted by Gasteiger charge is 2.34. The lowest BCUT2D eigenvalue weighted by Crippen LogP contribution is -2.51. The first-order valence-electron chi connectivity index (χ1n) is 8.10. The number of hydrogen-bond donors (Lipinski definition) is 0. The van der Waals surface area contributed by atoms with Crippen LogP contribution >= 0.6 is 11.8 Å². The van der Waals surface area contributed by atoms with Crippen molar-refractivity contribution in [3.63, 3.8) is 0 Å². The zero-order valence-electron chi connectivity index (χ0n) is 13.3. The van der Waals surface area contributed by atoms with Gasteiger partial charge in [0.2, 0.25) is 5.91 Å². The first-order valence-corrected chi connectivity index (χ1v) is 9.14. The molecule has 0 radical (unpaired) electrons. The Morgan fingerprint density at radius 1 is 1.23 bits per heavy atom. The lowest BCUT2D eigenvalue weighted by Gasteiger charge is -2.41. The summed E-state index contributed by atoms with van der Waals surface area (Å²) >= 11 is 1.97. The Hall–Kier alpha value is -1.30. The minimum Gasteiger partial charge on any atom is -0.355 e. The molecule has 0 spiro atoms. The standard InChI is InChI=1S/C16H24N4OS/c1-12-13(2)22-10-9-20(12)16(21)14-3-7-19(8-4-14)15-11-17-5-6-18-15/h5-6,11-14H,3-4,7-10H2,1-2H3/t12-,13+/m1/s1. The summed E-state index contributed by atoms with van der Waals surface area (Å²) in [5.74, 6) is 2.52. The van der Waals surface area contributed by atoms with Gasteiger partial charge in [0.15, 0.2) is 0 Å². The average molecular weight is 320 g/mol. The molecule has 5 nitrogen and oxygen atoms in total. The summed E-state index contributed by atoms with van der Waals surface area (Å²) in [5.41, 5.74) is 0. The van der Waals surface area contributed by atoms with E-state index in [1.54, 1.807) is 18.6 Å². The van der Waals surface area contributed by atoms with Crippen LogP contribution in [0, 0.1) is 5.92 Å². The molecule has 6 heteroatoms. The van der Waals surface area contributed by atoms with Crippen molar-refractivity contribution in [3.8, 4) is 0 Å². The van der Waals surface area contributed by atoms with Gasteiger partial charge in [0, 0.05) is 55.0 Å². The second kappa shape index (κ2) is 6.86. The van der Waals surface area contributed by atoms with E-state index >= 15 is 0 Å². The number of aromatic nitrogens is 2. The van der Waals surface area contributed by atoms with E-state index in [2.05, 4.69) is 33.6 Å². The van der Waals surface area contributed by atoms with Crippen molar-refractivity contribution < 1.29 is 4.79 Å². The Balaban J connectivity index is 1.58. The molecule has 1 amide bonds. The van der Waals surface area contributed by atoms with Crippen LogP contribution in [0.25, 0.3) is 0 Å². The molecular weight excluding hydrogens is 296 g/mol. The number of carbonyl (C=O) groups is 1. The van der Waals surface area contributed by atoms with Crippen molar-refractivity contribution in [1.82, 2.24) is 14.9 Å². The maximum Gasteiger partial charge on any atom is 0.226 e. The van der Waals surface area contributed by atoms with Crippen LogP contribution in [-0.2, 0) is 4.79 Å². The predicted octanol–water partition coefficient (Wildman–Crippen LogP) is 2.05. The van der Waals surface area contributed by atoms with E-state index in [0.29, 0.717) is 17.2 Å². The third-order valence-corrected chi connectivity index (χ3v) is 6.22. The minimum atomic E-state index is 0.172. The number of thioether (sulfide) groups is 1. The molecule has 2 aliphatic rings. The van der Waals surface area contributed by atoms with Gasteiger partial charge in [-0.3, -0.25) is 9.78 Å². The van der Waals surface area contributed by atoms with E-state index in [1.165, 1.54) is 0 Å². The fourth-order valence-electron chi connectivity index (χ4n) is 3.29. The van der Waals surface area contributed by atoms with Crippen molar-refractivity contribution in [2.24, 2.45) is 5.92 Å². The highest BCUT2D eigenvalue weighted by molar-refractivity contribution is 8.00. The molecule has 2 atom stereocenters. The Kier molecular flexibility index (Phi) is 4.86. The monoisotopic (exact) mass is 320 g/mol. The summed E-state index contributed by atoms with van der Waals surface area (Å²) < 4.78 is 0. The van der Waals surface area contributed by atoms with E-state index in [9.17, 15) is 4.79 Å². The summed E-state index contributed by atoms with van der Waals surface area (Å²) in [4.78, 5) is 25.6. The molecule has 0 aromatic carbocycles. The summed E-state index contributed by atoms with van der Waals surface area (Å²) in [6.45, 7) is 7.09. The van der Waals surface area contributed by atoms with Crippen LogP contribution in [0.1, 0.15) is 26.7 Å². The lowest BCUT2D eigenvalue weighted by molar-refractivity contribution is -0.138. The molecule has 120 valence electrons. The fourth-order valence-corrected chi connectivity index (χ4v) is 4.39. The third kappa shape index (κ3) is 3.21. The van der Waals surface area contributed by atoms with Gasteiger partial charge in [-0.1, -0.05) is 6.92 Å². The van der Waals surface area contributed by atoms with Crippen molar-refractivity contribution in [1.29, 1.82) is 0 Å². The van der Waals surface area contributed by atoms with Gasteiger partial charge in [0.25, 0.3) is 0 Å². The van der Waals surface area contributed by atoms with Crippen molar-refractivity contribution in [2.45, 2.75) is 38.0 Å². The average Bonchev–Trinajstić information content (AvgIpc) is 2.58. The zero-order valence-corrected chi connectivity index (χ0v) is 14.1. The van der Waals surface area contributed by atoms with Crippen LogP contribution < -0.4 is 4.90 Å². The highest BCUT2D eigenvalue weighted by Crippen LogP contribution is 2.28. The number of amides is 1. The fraction of sp³-hybridized carbons (Fsp3) is 0.688. The van der Waals surface area contributed by atoms with Gasteiger partial charge in [0.05, 0.1) is 6.20 Å². The lowest BCUT2D eigenvalue weighted by atomic mass is 9.94. The number of rotatable bonds is 2. The maximum atomic E-state index is 12.8. The normalized spacial score (nSPS) is 27.0. The SMILES string of the molecule is C[C@@H]1SCCN(C(=O)C2CCN(c3cnccn3)CC2)[C@@H]1C. The Labute approximate surface area is 136 Å². The van der Waals surface area contributed by atoms with Gasteiger partial charge in [-0.2, -0.15) is 11.8 Å². The summed E-state index contributed by atoms with van der Waals surface area (Å²) in [6, 6.07) is 0.351. The van der Waals surface area contributed by atoms with E-state index in [-0.39, 0.29) is 5.92 Å². The van der Waals surface area contributed by atoms with E-state index < -0.39 is 0 Å². The van der Waals surface area contributed by atoms with E-state index in [4.69, 9.17) is 0 Å². The second-order valence-electron chi connectivity index (χ2n) is 6.17. The summed E-state index contributed by atoms with van der Waals surface area (Å²) in [5, 5.41) is 0.539. The molecule has 2 fully saturated rings. The third-order valence-electron chi connectivity index (χ3n) is 4.88. The molecular formula is C16H24N4OS. The number of nitrogens with zero attached hydrogens (tertiary/aromatic N) is 4.